The van der Waals surface area contributed by atoms with Crippen molar-refractivity contribution in [3.05, 3.63) is 0 Å². The predicted octanol–water partition coefficient (Wildman–Crippen LogP) is -1.98. The van der Waals surface area contributed by atoms with Crippen LogP contribution in [0.15, 0.2) is 0 Å². The number of hydrogen-bond acceptors (Lipinski definition) is 5. The second kappa shape index (κ2) is 6.12. The van der Waals surface area contributed by atoms with E-state index in [1.165, 1.54) is 4.90 Å². The summed E-state index contributed by atoms with van der Waals surface area (Å²) in [6, 6.07) is -0.934. The molecular weight excluding hydrogens is 250 g/mol. The van der Waals surface area contributed by atoms with Crippen LogP contribution in [0.25, 0.3) is 0 Å². The number of aliphatic hydroxyl groups is 1. The van der Waals surface area contributed by atoms with E-state index in [0.29, 0.717) is 6.29 Å². The molecule has 0 aromatic heterocycles. The van der Waals surface area contributed by atoms with Crippen molar-refractivity contribution in [2.75, 3.05) is 19.6 Å². The van der Waals surface area contributed by atoms with E-state index in [1.807, 2.05) is 0 Å². The molecule has 7 heteroatoms. The molecule has 3 atom stereocenters. The third-order valence-electron chi connectivity index (χ3n) is 3.58. The molecule has 2 aliphatic rings. The maximum atomic E-state index is 12.3. The summed E-state index contributed by atoms with van der Waals surface area (Å²) in [4.78, 5) is 35.9. The highest BCUT2D eigenvalue weighted by atomic mass is 16.3. The summed E-state index contributed by atoms with van der Waals surface area (Å²) in [5, 5.41) is 15.2. The van der Waals surface area contributed by atoms with Gasteiger partial charge in [0.25, 0.3) is 0 Å². The van der Waals surface area contributed by atoms with Crippen LogP contribution < -0.4 is 10.6 Å². The van der Waals surface area contributed by atoms with Gasteiger partial charge in [-0.15, -0.1) is 0 Å². The van der Waals surface area contributed by atoms with Crippen molar-refractivity contribution in [1.82, 2.24) is 15.5 Å². The molecule has 2 heterocycles. The first-order valence-corrected chi connectivity index (χ1v) is 6.56. The summed E-state index contributed by atoms with van der Waals surface area (Å²) in [7, 11) is 0. The minimum absolute atomic E-state index is 0.0743. The average molecular weight is 269 g/mol. The fourth-order valence-corrected chi connectivity index (χ4v) is 2.66. The molecule has 0 spiro atoms. The van der Waals surface area contributed by atoms with Crippen LogP contribution in [-0.2, 0) is 14.4 Å². The molecule has 0 aromatic rings. The molecule has 2 amide bonds. The molecule has 1 unspecified atom stereocenters. The van der Waals surface area contributed by atoms with Crippen molar-refractivity contribution in [1.29, 1.82) is 0 Å². The van der Waals surface area contributed by atoms with Crippen LogP contribution >= 0.6 is 0 Å². The van der Waals surface area contributed by atoms with Gasteiger partial charge in [0.05, 0.1) is 18.7 Å². The third-order valence-corrected chi connectivity index (χ3v) is 3.58. The van der Waals surface area contributed by atoms with E-state index in [0.717, 1.165) is 19.4 Å². The SMILES string of the molecule is O=CCNC(=O)[C@@H]1CC(O)CN1C(=O)[C@@H]1CCCN1. The summed E-state index contributed by atoms with van der Waals surface area (Å²) in [5.74, 6) is -0.518. The lowest BCUT2D eigenvalue weighted by molar-refractivity contribution is -0.139. The first-order chi connectivity index (χ1) is 9.13. The number of nitrogens with one attached hydrogen (secondary N) is 2. The largest absolute Gasteiger partial charge is 0.391 e. The third kappa shape index (κ3) is 3.10. The molecule has 2 saturated heterocycles. The number of carbonyl (C=O) groups is 3. The van der Waals surface area contributed by atoms with Gasteiger partial charge in [0.1, 0.15) is 12.3 Å². The molecule has 2 fully saturated rings. The summed E-state index contributed by atoms with van der Waals surface area (Å²) in [5.41, 5.74) is 0. The Balaban J connectivity index is 2.01. The maximum Gasteiger partial charge on any atom is 0.243 e. The number of likely N-dealkylation sites (tertiary alicyclic amines) is 1. The highest BCUT2D eigenvalue weighted by Crippen LogP contribution is 2.21. The zero-order valence-corrected chi connectivity index (χ0v) is 10.7. The molecule has 106 valence electrons. The van der Waals surface area contributed by atoms with Crippen LogP contribution in [0.1, 0.15) is 19.3 Å². The highest BCUT2D eigenvalue weighted by Gasteiger charge is 2.41. The highest BCUT2D eigenvalue weighted by molar-refractivity contribution is 5.91. The number of nitrogens with zero attached hydrogens (tertiary/aromatic N) is 1. The van der Waals surface area contributed by atoms with Crippen molar-refractivity contribution in [3.63, 3.8) is 0 Å². The Morgan fingerprint density at radius 2 is 2.26 bits per heavy atom. The molecule has 0 aliphatic carbocycles. The van der Waals surface area contributed by atoms with Crippen LogP contribution in [-0.4, -0.2) is 65.9 Å². The molecule has 3 N–H and O–H groups in total. The van der Waals surface area contributed by atoms with Crippen LogP contribution in [0.2, 0.25) is 0 Å². The number of hydrogen-bond donors (Lipinski definition) is 3. The molecular formula is C12H19N3O4. The van der Waals surface area contributed by atoms with Gasteiger partial charge in [-0.1, -0.05) is 0 Å². The minimum Gasteiger partial charge on any atom is -0.391 e. The van der Waals surface area contributed by atoms with Gasteiger partial charge in [-0.25, -0.2) is 0 Å². The molecule has 0 radical (unpaired) electrons. The lowest BCUT2D eigenvalue weighted by atomic mass is 10.1. The van der Waals surface area contributed by atoms with Gasteiger partial charge in [0.15, 0.2) is 0 Å². The van der Waals surface area contributed by atoms with Crippen LogP contribution in [0.4, 0.5) is 0 Å². The summed E-state index contributed by atoms with van der Waals surface area (Å²) >= 11 is 0. The number of β-amino-alcohol motifs (C(OH)–C–C–N with tert-alkyl or cyclic N) is 1. The normalized spacial score (nSPS) is 30.4. The zero-order chi connectivity index (χ0) is 13.8. The number of rotatable bonds is 4. The molecule has 0 saturated carbocycles. The van der Waals surface area contributed by atoms with Gasteiger partial charge >= 0.3 is 0 Å². The molecule has 19 heavy (non-hydrogen) atoms. The van der Waals surface area contributed by atoms with E-state index in [2.05, 4.69) is 10.6 Å². The summed E-state index contributed by atoms with van der Waals surface area (Å²) < 4.78 is 0. The summed E-state index contributed by atoms with van der Waals surface area (Å²) in [6.45, 7) is 0.903. The Morgan fingerprint density at radius 3 is 2.89 bits per heavy atom. The first-order valence-electron chi connectivity index (χ1n) is 6.56. The van der Waals surface area contributed by atoms with E-state index in [4.69, 9.17) is 0 Å². The van der Waals surface area contributed by atoms with Gasteiger partial charge in [-0.2, -0.15) is 0 Å². The lowest BCUT2D eigenvalue weighted by Gasteiger charge is -2.26. The van der Waals surface area contributed by atoms with Crippen molar-refractivity contribution < 1.29 is 19.5 Å². The van der Waals surface area contributed by atoms with Crippen molar-refractivity contribution in [3.8, 4) is 0 Å². The Labute approximate surface area is 111 Å². The minimum atomic E-state index is -0.683. The van der Waals surface area contributed by atoms with E-state index < -0.39 is 12.1 Å². The molecule has 2 aliphatic heterocycles. The Bertz CT molecular complexity index is 368. The zero-order valence-electron chi connectivity index (χ0n) is 10.7. The van der Waals surface area contributed by atoms with Gasteiger partial charge in [-0.05, 0) is 19.4 Å². The van der Waals surface area contributed by atoms with Crippen molar-refractivity contribution in [2.45, 2.75) is 37.5 Å². The molecule has 7 nitrogen and oxygen atoms in total. The van der Waals surface area contributed by atoms with Gasteiger partial charge in [0, 0.05) is 13.0 Å². The predicted molar refractivity (Wildman–Crippen MR) is 66.2 cm³/mol. The van der Waals surface area contributed by atoms with Crippen molar-refractivity contribution in [2.24, 2.45) is 0 Å². The van der Waals surface area contributed by atoms with Gasteiger partial charge in [-0.3, -0.25) is 9.59 Å². The number of aliphatic hydroxyl groups excluding tert-OH is 1. The second-order valence-electron chi connectivity index (χ2n) is 4.96. The smallest absolute Gasteiger partial charge is 0.243 e. The fraction of sp³-hybridized carbons (Fsp3) is 0.750. The van der Waals surface area contributed by atoms with E-state index in [-0.39, 0.29) is 37.4 Å². The number of aldehydes is 1. The van der Waals surface area contributed by atoms with Gasteiger partial charge in [0.2, 0.25) is 11.8 Å². The Morgan fingerprint density at radius 1 is 1.47 bits per heavy atom. The van der Waals surface area contributed by atoms with Crippen LogP contribution in [0, 0.1) is 0 Å². The number of amides is 2. The summed E-state index contributed by atoms with van der Waals surface area (Å²) in [6.07, 6.45) is 1.83. The second-order valence-corrected chi connectivity index (χ2v) is 4.96. The van der Waals surface area contributed by atoms with E-state index >= 15 is 0 Å². The molecule has 0 aromatic carbocycles. The van der Waals surface area contributed by atoms with E-state index in [1.54, 1.807) is 0 Å². The first kappa shape index (κ1) is 14.0. The van der Waals surface area contributed by atoms with E-state index in [9.17, 15) is 19.5 Å². The topological polar surface area (TPSA) is 98.7 Å². The number of carbonyl (C=O) groups excluding carboxylic acids is 3. The standard InChI is InChI=1S/C12H19N3O4/c16-5-4-14-11(18)10-6-8(17)7-15(10)12(19)9-2-1-3-13-9/h5,8-10,13,17H,1-4,6-7H2,(H,14,18)/t8?,9-,10-/m0/s1. The molecule has 2 rings (SSSR count). The average Bonchev–Trinajstić information content (AvgIpc) is 3.04. The molecule has 0 bridgehead atoms. The van der Waals surface area contributed by atoms with Crippen LogP contribution in [0.5, 0.6) is 0 Å². The fourth-order valence-electron chi connectivity index (χ4n) is 2.66. The quantitative estimate of drug-likeness (QED) is 0.514. The maximum absolute atomic E-state index is 12.3. The Kier molecular flexibility index (Phi) is 4.49. The van der Waals surface area contributed by atoms with Crippen LogP contribution in [0.3, 0.4) is 0 Å². The lowest BCUT2D eigenvalue weighted by Crippen LogP contribution is -2.51. The van der Waals surface area contributed by atoms with Crippen molar-refractivity contribution >= 4 is 18.1 Å². The van der Waals surface area contributed by atoms with Gasteiger partial charge < -0.3 is 25.4 Å². The monoisotopic (exact) mass is 269 g/mol. The Hall–Kier alpha value is -1.47.